The van der Waals surface area contributed by atoms with Crippen molar-refractivity contribution in [3.8, 4) is 0 Å². The van der Waals surface area contributed by atoms with Crippen LogP contribution in [0.3, 0.4) is 0 Å². The van der Waals surface area contributed by atoms with Gasteiger partial charge in [0, 0.05) is 40.4 Å². The molecule has 1 fully saturated rings. The molecule has 4 rings (SSSR count). The number of carboxylic acid groups (broad SMARTS) is 1. The molecule has 31 heavy (non-hydrogen) atoms. The normalized spacial score (nSPS) is 14.7. The molecule has 1 aromatic heterocycles. The number of nitrogens with one attached hydrogen (secondary N) is 2. The lowest BCUT2D eigenvalue weighted by atomic mass is 10.0. The summed E-state index contributed by atoms with van der Waals surface area (Å²) in [5, 5.41) is 12.7. The van der Waals surface area contributed by atoms with Crippen LogP contribution in [0, 0.1) is 0 Å². The molecule has 0 aliphatic carbocycles. The maximum Gasteiger partial charge on any atom is 0.490 e. The molecule has 2 heterocycles. The van der Waals surface area contributed by atoms with Crippen LogP contribution in [-0.4, -0.2) is 41.4 Å². The summed E-state index contributed by atoms with van der Waals surface area (Å²) in [6, 6.07) is 17.5. The van der Waals surface area contributed by atoms with E-state index in [9.17, 15) is 13.2 Å². The van der Waals surface area contributed by atoms with E-state index in [-0.39, 0.29) is 0 Å². The van der Waals surface area contributed by atoms with Crippen molar-refractivity contribution >= 4 is 34.2 Å². The van der Waals surface area contributed by atoms with Crippen LogP contribution in [0.5, 0.6) is 0 Å². The number of piperidine rings is 1. The molecule has 0 radical (unpaired) electrons. The van der Waals surface area contributed by atoms with Crippen LogP contribution in [0.15, 0.2) is 54.7 Å². The van der Waals surface area contributed by atoms with Gasteiger partial charge in [-0.05, 0) is 61.8 Å². The van der Waals surface area contributed by atoms with Gasteiger partial charge < -0.3 is 20.3 Å². The zero-order chi connectivity index (χ0) is 22.4. The Morgan fingerprint density at radius 1 is 1.13 bits per heavy atom. The Kier molecular flexibility index (Phi) is 7.46. The Labute approximate surface area is 182 Å². The van der Waals surface area contributed by atoms with Crippen LogP contribution in [0.2, 0.25) is 5.02 Å². The quantitative estimate of drug-likeness (QED) is 0.507. The summed E-state index contributed by atoms with van der Waals surface area (Å²) in [6.07, 6.45) is -0.761. The van der Waals surface area contributed by atoms with E-state index in [2.05, 4.69) is 51.6 Å². The van der Waals surface area contributed by atoms with E-state index in [4.69, 9.17) is 21.5 Å². The van der Waals surface area contributed by atoms with E-state index in [1.807, 2.05) is 18.3 Å². The van der Waals surface area contributed by atoms with Crippen molar-refractivity contribution in [1.82, 2.24) is 10.3 Å². The SMILES string of the molecule is Clc1ccccc1CN(c1ccc2[nH]ccc2c1)C1CCNCC1.O=C(O)C(F)(F)F. The number of aromatic nitrogens is 1. The zero-order valence-corrected chi connectivity index (χ0v) is 17.4. The van der Waals surface area contributed by atoms with Crippen LogP contribution in [0.1, 0.15) is 18.4 Å². The molecule has 5 nitrogen and oxygen atoms in total. The second-order valence-corrected chi connectivity index (χ2v) is 7.66. The van der Waals surface area contributed by atoms with Crippen molar-refractivity contribution in [2.24, 2.45) is 0 Å². The first-order chi connectivity index (χ1) is 14.8. The molecule has 1 aliphatic heterocycles. The smallest absolute Gasteiger partial charge is 0.475 e. The third-order valence-electron chi connectivity index (χ3n) is 5.16. The van der Waals surface area contributed by atoms with Crippen molar-refractivity contribution in [2.75, 3.05) is 18.0 Å². The van der Waals surface area contributed by atoms with Crippen LogP contribution in [0.25, 0.3) is 10.9 Å². The fourth-order valence-electron chi connectivity index (χ4n) is 3.58. The highest BCUT2D eigenvalue weighted by Crippen LogP contribution is 2.29. The number of halogens is 4. The van der Waals surface area contributed by atoms with Gasteiger partial charge in [0.05, 0.1) is 0 Å². The number of fused-ring (bicyclic) bond motifs is 1. The molecule has 3 aromatic rings. The van der Waals surface area contributed by atoms with E-state index < -0.39 is 12.1 Å². The summed E-state index contributed by atoms with van der Waals surface area (Å²) in [7, 11) is 0. The van der Waals surface area contributed by atoms with Gasteiger partial charge in [0.1, 0.15) is 0 Å². The summed E-state index contributed by atoms with van der Waals surface area (Å²) >= 11 is 6.43. The summed E-state index contributed by atoms with van der Waals surface area (Å²) in [4.78, 5) is 14.7. The predicted octanol–water partition coefficient (Wildman–Crippen LogP) is 5.21. The number of nitrogens with zero attached hydrogens (tertiary/aromatic N) is 1. The molecule has 1 aliphatic rings. The zero-order valence-electron chi connectivity index (χ0n) is 16.6. The van der Waals surface area contributed by atoms with Gasteiger partial charge in [-0.25, -0.2) is 4.79 Å². The van der Waals surface area contributed by atoms with Gasteiger partial charge in [0.25, 0.3) is 0 Å². The minimum atomic E-state index is -5.08. The Morgan fingerprint density at radius 3 is 2.45 bits per heavy atom. The minimum absolute atomic E-state index is 0.541. The highest BCUT2D eigenvalue weighted by Gasteiger charge is 2.38. The summed E-state index contributed by atoms with van der Waals surface area (Å²) in [5.41, 5.74) is 3.64. The molecule has 3 N–H and O–H groups in total. The number of benzene rings is 2. The van der Waals surface area contributed by atoms with Gasteiger partial charge in [-0.3, -0.25) is 0 Å². The molecule has 0 atom stereocenters. The maximum atomic E-state index is 10.6. The van der Waals surface area contributed by atoms with E-state index in [0.29, 0.717) is 6.04 Å². The number of aromatic amines is 1. The number of anilines is 1. The first kappa shape index (κ1) is 23.0. The van der Waals surface area contributed by atoms with Gasteiger partial charge in [-0.1, -0.05) is 29.8 Å². The average molecular weight is 454 g/mol. The van der Waals surface area contributed by atoms with Gasteiger partial charge in [-0.15, -0.1) is 0 Å². The molecule has 1 saturated heterocycles. The van der Waals surface area contributed by atoms with Crippen molar-refractivity contribution < 1.29 is 23.1 Å². The van der Waals surface area contributed by atoms with Crippen LogP contribution in [0.4, 0.5) is 18.9 Å². The monoisotopic (exact) mass is 453 g/mol. The number of H-pyrrole nitrogens is 1. The number of carboxylic acids is 1. The maximum absolute atomic E-state index is 10.6. The third kappa shape index (κ3) is 6.15. The highest BCUT2D eigenvalue weighted by atomic mass is 35.5. The number of alkyl halides is 3. The third-order valence-corrected chi connectivity index (χ3v) is 5.53. The Morgan fingerprint density at radius 2 is 1.81 bits per heavy atom. The lowest BCUT2D eigenvalue weighted by molar-refractivity contribution is -0.192. The molecule has 9 heteroatoms. The Balaban J connectivity index is 0.000000339. The van der Waals surface area contributed by atoms with E-state index >= 15 is 0 Å². The van der Waals surface area contributed by atoms with Gasteiger partial charge >= 0.3 is 12.1 Å². The fraction of sp³-hybridized carbons (Fsp3) is 0.318. The number of hydrogen-bond donors (Lipinski definition) is 3. The molecular weight excluding hydrogens is 431 g/mol. The summed E-state index contributed by atoms with van der Waals surface area (Å²) in [5.74, 6) is -2.76. The molecule has 0 spiro atoms. The summed E-state index contributed by atoms with van der Waals surface area (Å²) < 4.78 is 31.7. The second kappa shape index (κ2) is 10.1. The highest BCUT2D eigenvalue weighted by molar-refractivity contribution is 6.31. The molecule has 2 aromatic carbocycles. The Hall–Kier alpha value is -2.71. The van der Waals surface area contributed by atoms with Gasteiger partial charge in [0.15, 0.2) is 0 Å². The molecule has 0 bridgehead atoms. The number of aliphatic carboxylic acids is 1. The van der Waals surface area contributed by atoms with Crippen molar-refractivity contribution in [3.05, 3.63) is 65.3 Å². The number of rotatable bonds is 4. The standard InChI is InChI=1S/C20H22ClN3.C2HF3O2/c21-19-4-2-1-3-16(19)14-24(17-8-10-22-11-9-17)18-5-6-20-15(13-18)7-12-23-20;3-2(4,5)1(6)7/h1-7,12-13,17,22-23H,8-11,14H2;(H,6,7). The second-order valence-electron chi connectivity index (χ2n) is 7.25. The van der Waals surface area contributed by atoms with E-state index in [0.717, 1.165) is 37.5 Å². The van der Waals surface area contributed by atoms with Gasteiger partial charge in [-0.2, -0.15) is 13.2 Å². The first-order valence-electron chi connectivity index (χ1n) is 9.83. The Bertz CT molecular complexity index is 1020. The number of carbonyl (C=O) groups is 1. The number of hydrogen-bond acceptors (Lipinski definition) is 3. The van der Waals surface area contributed by atoms with Crippen LogP contribution < -0.4 is 10.2 Å². The van der Waals surface area contributed by atoms with Crippen molar-refractivity contribution in [3.63, 3.8) is 0 Å². The van der Waals surface area contributed by atoms with Crippen molar-refractivity contribution in [1.29, 1.82) is 0 Å². The van der Waals surface area contributed by atoms with Gasteiger partial charge in [0.2, 0.25) is 0 Å². The van der Waals surface area contributed by atoms with E-state index in [1.165, 1.54) is 22.2 Å². The fourth-order valence-corrected chi connectivity index (χ4v) is 3.77. The molecule has 166 valence electrons. The average Bonchev–Trinajstić information content (AvgIpc) is 3.21. The largest absolute Gasteiger partial charge is 0.490 e. The first-order valence-corrected chi connectivity index (χ1v) is 10.2. The molecule has 0 unspecified atom stereocenters. The minimum Gasteiger partial charge on any atom is -0.475 e. The molecule has 0 saturated carbocycles. The summed E-state index contributed by atoms with van der Waals surface area (Å²) in [6.45, 7) is 3.01. The lowest BCUT2D eigenvalue weighted by Crippen LogP contribution is -2.43. The predicted molar refractivity (Wildman–Crippen MR) is 116 cm³/mol. The lowest BCUT2D eigenvalue weighted by Gasteiger charge is -2.37. The molecular formula is C22H23ClF3N3O2. The van der Waals surface area contributed by atoms with Crippen LogP contribution >= 0.6 is 11.6 Å². The van der Waals surface area contributed by atoms with E-state index in [1.54, 1.807) is 0 Å². The van der Waals surface area contributed by atoms with Crippen molar-refractivity contribution in [2.45, 2.75) is 31.6 Å². The topological polar surface area (TPSA) is 68.4 Å². The molecule has 0 amide bonds. The van der Waals surface area contributed by atoms with Crippen LogP contribution in [-0.2, 0) is 11.3 Å².